The molecule has 0 aliphatic heterocycles. The van der Waals surface area contributed by atoms with Crippen LogP contribution in [0, 0.1) is 11.8 Å². The van der Waals surface area contributed by atoms with E-state index in [0.29, 0.717) is 19.5 Å². The van der Waals surface area contributed by atoms with Gasteiger partial charge in [-0.3, -0.25) is 0 Å². The summed E-state index contributed by atoms with van der Waals surface area (Å²) in [5.41, 5.74) is 1.88. The lowest BCUT2D eigenvalue weighted by molar-refractivity contribution is 0.241. The maximum atomic E-state index is 11.2. The zero-order chi connectivity index (χ0) is 13.2. The minimum Gasteiger partial charge on any atom is -0.395 e. The number of carbonyl (C=O) groups is 1. The lowest BCUT2D eigenvalue weighted by atomic mass is 10.1. The molecule has 2 amide bonds. The molecule has 0 heterocycles. The van der Waals surface area contributed by atoms with Crippen LogP contribution < -0.4 is 10.6 Å². The highest BCUT2D eigenvalue weighted by Gasteiger charge is 1.98. The summed E-state index contributed by atoms with van der Waals surface area (Å²) in [6, 6.07) is 7.49. The molecule has 4 nitrogen and oxygen atoms in total. The first-order chi connectivity index (χ1) is 8.76. The first kappa shape index (κ1) is 14.1. The molecular formula is C14H18N2O2. The number of rotatable bonds is 4. The van der Waals surface area contributed by atoms with Gasteiger partial charge in [-0.05, 0) is 24.6 Å². The molecule has 18 heavy (non-hydrogen) atoms. The zero-order valence-electron chi connectivity index (χ0n) is 10.5. The number of nitrogens with one attached hydrogen (secondary N) is 2. The van der Waals surface area contributed by atoms with Crippen molar-refractivity contribution in [2.75, 3.05) is 13.2 Å². The van der Waals surface area contributed by atoms with Crippen LogP contribution in [0.2, 0.25) is 0 Å². The monoisotopic (exact) mass is 246 g/mol. The second-order valence-electron chi connectivity index (χ2n) is 3.69. The fourth-order valence-corrected chi connectivity index (χ4v) is 1.38. The van der Waals surface area contributed by atoms with Gasteiger partial charge in [0.25, 0.3) is 0 Å². The summed E-state index contributed by atoms with van der Waals surface area (Å²) in [6.45, 7) is 3.03. The first-order valence-corrected chi connectivity index (χ1v) is 5.96. The van der Waals surface area contributed by atoms with E-state index in [9.17, 15) is 4.79 Å². The summed E-state index contributed by atoms with van der Waals surface area (Å²) >= 11 is 0. The van der Waals surface area contributed by atoms with Crippen LogP contribution in [-0.4, -0.2) is 24.3 Å². The van der Waals surface area contributed by atoms with Crippen molar-refractivity contribution in [3.8, 4) is 11.8 Å². The molecule has 0 aliphatic carbocycles. The molecule has 0 radical (unpaired) electrons. The number of aliphatic hydroxyl groups excluding tert-OH is 1. The Morgan fingerprint density at radius 3 is 2.94 bits per heavy atom. The number of amides is 2. The van der Waals surface area contributed by atoms with Gasteiger partial charge in [-0.1, -0.05) is 24.0 Å². The summed E-state index contributed by atoms with van der Waals surface area (Å²) in [4.78, 5) is 11.2. The molecule has 0 fully saturated rings. The van der Waals surface area contributed by atoms with E-state index in [2.05, 4.69) is 22.5 Å². The summed E-state index contributed by atoms with van der Waals surface area (Å²) in [5.74, 6) is 5.82. The maximum absolute atomic E-state index is 11.2. The van der Waals surface area contributed by atoms with Crippen LogP contribution in [0.25, 0.3) is 0 Å². The van der Waals surface area contributed by atoms with Crippen LogP contribution in [0.5, 0.6) is 0 Å². The first-order valence-electron chi connectivity index (χ1n) is 5.96. The second kappa shape index (κ2) is 8.15. The number of benzene rings is 1. The quantitative estimate of drug-likeness (QED) is 0.700. The number of urea groups is 1. The average molecular weight is 246 g/mol. The van der Waals surface area contributed by atoms with Gasteiger partial charge >= 0.3 is 6.03 Å². The van der Waals surface area contributed by atoms with Crippen LogP contribution in [0.15, 0.2) is 24.3 Å². The number of carbonyl (C=O) groups excluding carboxylic acids is 1. The van der Waals surface area contributed by atoms with Crippen molar-refractivity contribution in [1.29, 1.82) is 0 Å². The number of hydrogen-bond donors (Lipinski definition) is 3. The fourth-order valence-electron chi connectivity index (χ4n) is 1.38. The molecule has 1 aromatic carbocycles. The Kier molecular flexibility index (Phi) is 6.37. The minimum atomic E-state index is -0.172. The molecule has 3 N–H and O–H groups in total. The van der Waals surface area contributed by atoms with Gasteiger partial charge in [0.15, 0.2) is 0 Å². The van der Waals surface area contributed by atoms with Crippen LogP contribution in [0.1, 0.15) is 24.5 Å². The van der Waals surface area contributed by atoms with Crippen molar-refractivity contribution in [2.45, 2.75) is 19.9 Å². The van der Waals surface area contributed by atoms with E-state index in [-0.39, 0.29) is 12.6 Å². The summed E-state index contributed by atoms with van der Waals surface area (Å²) in [7, 11) is 0. The van der Waals surface area contributed by atoms with Crippen molar-refractivity contribution in [3.63, 3.8) is 0 Å². The summed E-state index contributed by atoms with van der Waals surface area (Å²) < 4.78 is 0. The lowest BCUT2D eigenvalue weighted by Crippen LogP contribution is -2.34. The minimum absolute atomic E-state index is 0.0748. The van der Waals surface area contributed by atoms with Gasteiger partial charge in [0, 0.05) is 25.1 Å². The van der Waals surface area contributed by atoms with E-state index >= 15 is 0 Å². The molecule has 4 heteroatoms. The standard InChI is InChI=1S/C14H18N2O2/c1-2-15-14(18)16-11-13-8-5-7-12(10-13)6-3-4-9-17/h5,7-8,10,17H,2,4,9,11H2,1H3,(H2,15,16,18). The predicted octanol–water partition coefficient (Wildman–Crippen LogP) is 1.24. The maximum Gasteiger partial charge on any atom is 0.315 e. The molecule has 0 bridgehead atoms. The molecular weight excluding hydrogens is 228 g/mol. The molecule has 0 unspecified atom stereocenters. The molecule has 0 saturated carbocycles. The predicted molar refractivity (Wildman–Crippen MR) is 70.9 cm³/mol. The van der Waals surface area contributed by atoms with E-state index < -0.39 is 0 Å². The van der Waals surface area contributed by atoms with Gasteiger partial charge in [-0.25, -0.2) is 4.79 Å². The van der Waals surface area contributed by atoms with Crippen molar-refractivity contribution in [1.82, 2.24) is 10.6 Å². The van der Waals surface area contributed by atoms with Gasteiger partial charge in [0.2, 0.25) is 0 Å². The lowest BCUT2D eigenvalue weighted by Gasteiger charge is -2.06. The van der Waals surface area contributed by atoms with E-state index in [1.54, 1.807) is 0 Å². The van der Waals surface area contributed by atoms with Crippen molar-refractivity contribution in [3.05, 3.63) is 35.4 Å². The zero-order valence-corrected chi connectivity index (χ0v) is 10.5. The Labute approximate surface area is 107 Å². The Morgan fingerprint density at radius 1 is 1.39 bits per heavy atom. The smallest absolute Gasteiger partial charge is 0.315 e. The number of aliphatic hydroxyl groups is 1. The van der Waals surface area contributed by atoms with E-state index in [0.717, 1.165) is 11.1 Å². The topological polar surface area (TPSA) is 61.4 Å². The third-order valence-electron chi connectivity index (χ3n) is 2.19. The molecule has 0 aliphatic rings. The Morgan fingerprint density at radius 2 is 2.22 bits per heavy atom. The molecule has 1 rings (SSSR count). The van der Waals surface area contributed by atoms with E-state index in [4.69, 9.17) is 5.11 Å². The Hall–Kier alpha value is -1.99. The van der Waals surface area contributed by atoms with E-state index in [1.165, 1.54) is 0 Å². The molecule has 0 spiro atoms. The number of hydrogen-bond acceptors (Lipinski definition) is 2. The van der Waals surface area contributed by atoms with Crippen LogP contribution in [0.3, 0.4) is 0 Å². The molecule has 0 aromatic heterocycles. The van der Waals surface area contributed by atoms with Gasteiger partial charge in [-0.2, -0.15) is 0 Å². The SMILES string of the molecule is CCNC(=O)NCc1cccc(C#CCCO)c1. The highest BCUT2D eigenvalue weighted by molar-refractivity contribution is 5.73. The van der Waals surface area contributed by atoms with Crippen molar-refractivity contribution < 1.29 is 9.90 Å². The van der Waals surface area contributed by atoms with Gasteiger partial charge in [0.05, 0.1) is 6.61 Å². The van der Waals surface area contributed by atoms with Crippen LogP contribution in [-0.2, 0) is 6.54 Å². The Bertz CT molecular complexity index is 447. The van der Waals surface area contributed by atoms with Crippen molar-refractivity contribution >= 4 is 6.03 Å². The van der Waals surface area contributed by atoms with Crippen LogP contribution in [0.4, 0.5) is 4.79 Å². The Balaban J connectivity index is 2.55. The highest BCUT2D eigenvalue weighted by Crippen LogP contribution is 2.03. The third kappa shape index (κ3) is 5.37. The second-order valence-corrected chi connectivity index (χ2v) is 3.69. The van der Waals surface area contributed by atoms with Crippen LogP contribution >= 0.6 is 0 Å². The summed E-state index contributed by atoms with van der Waals surface area (Å²) in [6.07, 6.45) is 0.474. The summed E-state index contributed by atoms with van der Waals surface area (Å²) in [5, 5.41) is 14.1. The van der Waals surface area contributed by atoms with Crippen molar-refractivity contribution in [2.24, 2.45) is 0 Å². The fraction of sp³-hybridized carbons (Fsp3) is 0.357. The van der Waals surface area contributed by atoms with Gasteiger partial charge in [0.1, 0.15) is 0 Å². The van der Waals surface area contributed by atoms with Gasteiger partial charge < -0.3 is 15.7 Å². The molecule has 0 saturated heterocycles. The van der Waals surface area contributed by atoms with E-state index in [1.807, 2.05) is 31.2 Å². The normalized spacial score (nSPS) is 9.22. The largest absolute Gasteiger partial charge is 0.395 e. The molecule has 0 atom stereocenters. The average Bonchev–Trinajstić information content (AvgIpc) is 2.38. The highest BCUT2D eigenvalue weighted by atomic mass is 16.2. The molecule has 96 valence electrons. The third-order valence-corrected chi connectivity index (χ3v) is 2.19. The van der Waals surface area contributed by atoms with Gasteiger partial charge in [-0.15, -0.1) is 0 Å². The molecule has 1 aromatic rings.